The van der Waals surface area contributed by atoms with Gasteiger partial charge in [-0.15, -0.1) is 0 Å². The standard InChI is InChI=1S/C16H16N4O5/c1-10-17-13(18-25-10)9-20-15(22)14(21)19(16(20)23)8-7-11-3-5-12(24-2)6-4-11/h3-6H,7-9H2,1-2H3. The summed E-state index contributed by atoms with van der Waals surface area (Å²) in [7, 11) is 1.57. The number of nitrogens with zero attached hydrogens (tertiary/aromatic N) is 4. The molecule has 1 aliphatic rings. The molecule has 25 heavy (non-hydrogen) atoms. The summed E-state index contributed by atoms with van der Waals surface area (Å²) in [6.07, 6.45) is 0.434. The molecule has 130 valence electrons. The van der Waals surface area contributed by atoms with Gasteiger partial charge in [-0.3, -0.25) is 14.5 Å². The number of aromatic nitrogens is 2. The average molecular weight is 344 g/mol. The van der Waals surface area contributed by atoms with Crippen LogP contribution >= 0.6 is 0 Å². The lowest BCUT2D eigenvalue weighted by Gasteiger charge is -2.14. The van der Waals surface area contributed by atoms with Crippen LogP contribution in [0.25, 0.3) is 0 Å². The molecule has 0 saturated carbocycles. The van der Waals surface area contributed by atoms with Gasteiger partial charge >= 0.3 is 17.8 Å². The van der Waals surface area contributed by atoms with Crippen LogP contribution in [0.15, 0.2) is 28.8 Å². The van der Waals surface area contributed by atoms with Crippen molar-refractivity contribution in [3.8, 4) is 5.75 Å². The molecule has 1 fully saturated rings. The first-order chi connectivity index (χ1) is 12.0. The van der Waals surface area contributed by atoms with Crippen molar-refractivity contribution >= 4 is 17.8 Å². The van der Waals surface area contributed by atoms with Crippen molar-refractivity contribution in [1.82, 2.24) is 19.9 Å². The molecule has 1 aromatic heterocycles. The number of aryl methyl sites for hydroxylation is 1. The fourth-order valence-corrected chi connectivity index (χ4v) is 2.47. The van der Waals surface area contributed by atoms with Gasteiger partial charge in [-0.05, 0) is 24.1 Å². The number of benzene rings is 1. The topological polar surface area (TPSA) is 106 Å². The number of hydrogen-bond donors (Lipinski definition) is 0. The van der Waals surface area contributed by atoms with Crippen LogP contribution in [0.1, 0.15) is 17.3 Å². The monoisotopic (exact) mass is 344 g/mol. The fourth-order valence-electron chi connectivity index (χ4n) is 2.47. The molecule has 2 aromatic rings. The van der Waals surface area contributed by atoms with Gasteiger partial charge in [0.05, 0.1) is 13.7 Å². The predicted molar refractivity (Wildman–Crippen MR) is 83.4 cm³/mol. The van der Waals surface area contributed by atoms with Crippen LogP contribution in [-0.2, 0) is 22.6 Å². The summed E-state index contributed by atoms with van der Waals surface area (Å²) in [5.74, 6) is -0.532. The van der Waals surface area contributed by atoms with Gasteiger partial charge in [0.25, 0.3) is 0 Å². The zero-order valence-electron chi connectivity index (χ0n) is 13.8. The minimum atomic E-state index is -0.887. The number of hydrogen-bond acceptors (Lipinski definition) is 7. The van der Waals surface area contributed by atoms with Crippen LogP contribution in [0.4, 0.5) is 4.79 Å². The molecule has 4 amide bonds. The van der Waals surface area contributed by atoms with Crippen LogP contribution in [-0.4, -0.2) is 51.4 Å². The molecular formula is C16H16N4O5. The molecule has 0 unspecified atom stereocenters. The summed E-state index contributed by atoms with van der Waals surface area (Å²) < 4.78 is 9.88. The van der Waals surface area contributed by atoms with E-state index in [2.05, 4.69) is 10.1 Å². The van der Waals surface area contributed by atoms with Gasteiger partial charge in [0.2, 0.25) is 5.89 Å². The molecule has 0 spiro atoms. The summed E-state index contributed by atoms with van der Waals surface area (Å²) in [4.78, 5) is 42.2. The maximum absolute atomic E-state index is 12.4. The Kier molecular flexibility index (Phi) is 4.46. The third-order valence-corrected chi connectivity index (χ3v) is 3.79. The minimum absolute atomic E-state index is 0.109. The van der Waals surface area contributed by atoms with E-state index in [0.29, 0.717) is 18.1 Å². The van der Waals surface area contributed by atoms with Crippen LogP contribution in [0.2, 0.25) is 0 Å². The molecule has 2 heterocycles. The highest BCUT2D eigenvalue weighted by Gasteiger charge is 2.44. The van der Waals surface area contributed by atoms with Gasteiger partial charge in [-0.2, -0.15) is 4.98 Å². The van der Waals surface area contributed by atoms with Crippen molar-refractivity contribution in [1.29, 1.82) is 0 Å². The molecule has 1 saturated heterocycles. The third kappa shape index (κ3) is 3.35. The molecule has 0 aliphatic carbocycles. The number of ether oxygens (including phenoxy) is 1. The van der Waals surface area contributed by atoms with E-state index in [0.717, 1.165) is 15.4 Å². The Hall–Kier alpha value is -3.23. The Morgan fingerprint density at radius 2 is 1.76 bits per heavy atom. The Balaban J connectivity index is 1.66. The van der Waals surface area contributed by atoms with Crippen molar-refractivity contribution in [2.45, 2.75) is 19.9 Å². The van der Waals surface area contributed by atoms with Gasteiger partial charge in [0.15, 0.2) is 5.82 Å². The summed E-state index contributed by atoms with van der Waals surface area (Å²) >= 11 is 0. The molecular weight excluding hydrogens is 328 g/mol. The summed E-state index contributed by atoms with van der Waals surface area (Å²) in [6, 6.07) is 6.58. The van der Waals surface area contributed by atoms with Crippen LogP contribution in [0, 0.1) is 6.92 Å². The molecule has 0 bridgehead atoms. The fraction of sp³-hybridized carbons (Fsp3) is 0.312. The Bertz CT molecular complexity index is 814. The van der Waals surface area contributed by atoms with E-state index in [-0.39, 0.29) is 18.9 Å². The molecule has 0 N–H and O–H groups in total. The zero-order valence-corrected chi connectivity index (χ0v) is 13.8. The van der Waals surface area contributed by atoms with Gasteiger partial charge in [-0.1, -0.05) is 17.3 Å². The highest BCUT2D eigenvalue weighted by Crippen LogP contribution is 2.17. The lowest BCUT2D eigenvalue weighted by atomic mass is 10.1. The predicted octanol–water partition coefficient (Wildman–Crippen LogP) is 0.920. The maximum Gasteiger partial charge on any atom is 0.334 e. The second kappa shape index (κ2) is 6.71. The number of carbonyl (C=O) groups is 3. The normalized spacial score (nSPS) is 14.6. The van der Waals surface area contributed by atoms with Gasteiger partial charge in [0, 0.05) is 13.5 Å². The molecule has 0 atom stereocenters. The molecule has 1 aliphatic heterocycles. The van der Waals surface area contributed by atoms with Gasteiger partial charge in [0.1, 0.15) is 5.75 Å². The number of methoxy groups -OCH3 is 1. The van der Waals surface area contributed by atoms with E-state index in [4.69, 9.17) is 9.26 Å². The Morgan fingerprint density at radius 3 is 2.36 bits per heavy atom. The molecule has 0 radical (unpaired) electrons. The van der Waals surface area contributed by atoms with E-state index < -0.39 is 17.8 Å². The number of rotatable bonds is 6. The van der Waals surface area contributed by atoms with Gasteiger partial charge < -0.3 is 9.26 Å². The quantitative estimate of drug-likeness (QED) is 0.566. The van der Waals surface area contributed by atoms with Crippen LogP contribution < -0.4 is 4.74 Å². The van der Waals surface area contributed by atoms with E-state index in [9.17, 15) is 14.4 Å². The molecule has 1 aromatic carbocycles. The highest BCUT2D eigenvalue weighted by atomic mass is 16.5. The third-order valence-electron chi connectivity index (χ3n) is 3.79. The number of amides is 4. The second-order valence-electron chi connectivity index (χ2n) is 5.46. The van der Waals surface area contributed by atoms with Crippen molar-refractivity contribution in [2.24, 2.45) is 0 Å². The summed E-state index contributed by atoms with van der Waals surface area (Å²) in [5.41, 5.74) is 0.918. The lowest BCUT2D eigenvalue weighted by Crippen LogP contribution is -2.34. The minimum Gasteiger partial charge on any atom is -0.497 e. The first kappa shape index (κ1) is 16.6. The van der Waals surface area contributed by atoms with Crippen molar-refractivity contribution in [2.75, 3.05) is 13.7 Å². The largest absolute Gasteiger partial charge is 0.497 e. The van der Waals surface area contributed by atoms with Crippen molar-refractivity contribution in [3.05, 3.63) is 41.5 Å². The second-order valence-corrected chi connectivity index (χ2v) is 5.46. The maximum atomic E-state index is 12.4. The van der Waals surface area contributed by atoms with Crippen molar-refractivity contribution in [3.63, 3.8) is 0 Å². The smallest absolute Gasteiger partial charge is 0.334 e. The van der Waals surface area contributed by atoms with Crippen LogP contribution in [0.5, 0.6) is 5.75 Å². The number of urea groups is 1. The number of carbonyl (C=O) groups excluding carboxylic acids is 3. The SMILES string of the molecule is COc1ccc(CCN2C(=O)C(=O)N(Cc3noc(C)n3)C2=O)cc1. The first-order valence-corrected chi connectivity index (χ1v) is 7.59. The van der Waals surface area contributed by atoms with Crippen LogP contribution in [0.3, 0.4) is 0 Å². The summed E-state index contributed by atoms with van der Waals surface area (Å²) in [6.45, 7) is 1.51. The first-order valence-electron chi connectivity index (χ1n) is 7.59. The average Bonchev–Trinajstić information content (AvgIpc) is 3.11. The van der Waals surface area contributed by atoms with Gasteiger partial charge in [-0.25, -0.2) is 9.69 Å². The van der Waals surface area contributed by atoms with E-state index in [1.165, 1.54) is 0 Å². The summed E-state index contributed by atoms with van der Waals surface area (Å²) in [5, 5.41) is 3.63. The Morgan fingerprint density at radius 1 is 1.08 bits per heavy atom. The molecule has 9 nitrogen and oxygen atoms in total. The van der Waals surface area contributed by atoms with E-state index >= 15 is 0 Å². The lowest BCUT2D eigenvalue weighted by molar-refractivity contribution is -0.143. The zero-order chi connectivity index (χ0) is 18.0. The van der Waals surface area contributed by atoms with E-state index in [1.54, 1.807) is 26.2 Å². The Labute approximate surface area is 143 Å². The highest BCUT2D eigenvalue weighted by molar-refractivity contribution is 6.44. The molecule has 3 rings (SSSR count). The number of imide groups is 2. The van der Waals surface area contributed by atoms with E-state index in [1.807, 2.05) is 12.1 Å². The van der Waals surface area contributed by atoms with Crippen molar-refractivity contribution < 1.29 is 23.6 Å². The molecule has 9 heteroatoms.